The van der Waals surface area contributed by atoms with E-state index in [1.165, 1.54) is 4.90 Å². The minimum atomic E-state index is -0.727. The molecular weight excluding hydrogens is 296 g/mol. The van der Waals surface area contributed by atoms with Gasteiger partial charge in [-0.15, -0.1) is 0 Å². The van der Waals surface area contributed by atoms with Crippen molar-refractivity contribution in [3.8, 4) is 0 Å². The van der Waals surface area contributed by atoms with Crippen LogP contribution in [0, 0.1) is 11.3 Å². The van der Waals surface area contributed by atoms with Gasteiger partial charge in [0.1, 0.15) is 0 Å². The number of morpholine rings is 1. The Hall–Kier alpha value is -0.980. The number of amides is 2. The van der Waals surface area contributed by atoms with E-state index in [4.69, 9.17) is 4.74 Å². The van der Waals surface area contributed by atoms with Gasteiger partial charge in [0.05, 0.1) is 30.3 Å². The summed E-state index contributed by atoms with van der Waals surface area (Å²) in [6.07, 6.45) is -0.229. The smallest absolute Gasteiger partial charge is 0.235 e. The predicted molar refractivity (Wildman–Crippen MR) is 86.7 cm³/mol. The summed E-state index contributed by atoms with van der Waals surface area (Å²) in [5.74, 6) is -0.226. The average Bonchev–Trinajstić information content (AvgIpc) is 2.62. The van der Waals surface area contributed by atoms with Crippen molar-refractivity contribution in [3.05, 3.63) is 0 Å². The van der Waals surface area contributed by atoms with Crippen molar-refractivity contribution in [1.29, 1.82) is 0 Å². The fourth-order valence-corrected chi connectivity index (χ4v) is 3.54. The van der Waals surface area contributed by atoms with Crippen LogP contribution in [0.1, 0.15) is 41.0 Å². The standard InChI is InChI=1S/C17H30N2O4/c1-11(2)17(5)6-15(21)19(16(17)22)10-14(20)9-18-7-12(3)23-13(4)8-18/h11-14,20H,6-10H2,1-5H3/t12-,13+,14-,17-/m0/s1. The molecule has 2 rings (SSSR count). The molecule has 2 aliphatic heterocycles. The molecule has 0 aromatic rings. The SMILES string of the molecule is CC(C)[C@]1(C)CC(=O)N(C[C@@H](O)CN2C[C@@H](C)O[C@@H](C)C2)C1=O. The first-order valence-corrected chi connectivity index (χ1v) is 8.54. The molecule has 0 unspecified atom stereocenters. The molecule has 0 spiro atoms. The van der Waals surface area contributed by atoms with Gasteiger partial charge in [-0.1, -0.05) is 13.8 Å². The number of likely N-dealkylation sites (tertiary alicyclic amines) is 1. The zero-order chi connectivity index (χ0) is 17.4. The first-order chi connectivity index (χ1) is 10.6. The molecule has 0 aliphatic carbocycles. The van der Waals surface area contributed by atoms with Gasteiger partial charge in [-0.2, -0.15) is 0 Å². The molecule has 2 saturated heterocycles. The Morgan fingerprint density at radius 3 is 2.26 bits per heavy atom. The Bertz CT molecular complexity index is 458. The van der Waals surface area contributed by atoms with Crippen LogP contribution in [0.2, 0.25) is 0 Å². The van der Waals surface area contributed by atoms with E-state index in [2.05, 4.69) is 4.90 Å². The van der Waals surface area contributed by atoms with Gasteiger partial charge in [-0.25, -0.2) is 0 Å². The molecule has 2 fully saturated rings. The summed E-state index contributed by atoms with van der Waals surface area (Å²) in [7, 11) is 0. The van der Waals surface area contributed by atoms with Crippen molar-refractivity contribution in [3.63, 3.8) is 0 Å². The van der Waals surface area contributed by atoms with Gasteiger partial charge in [-0.05, 0) is 26.7 Å². The summed E-state index contributed by atoms with van der Waals surface area (Å²) >= 11 is 0. The molecule has 132 valence electrons. The van der Waals surface area contributed by atoms with Crippen molar-refractivity contribution in [2.45, 2.75) is 59.4 Å². The lowest BCUT2D eigenvalue weighted by molar-refractivity contribution is -0.144. The normalized spacial score (nSPS) is 34.5. The molecule has 6 heteroatoms. The second-order valence-corrected chi connectivity index (χ2v) is 7.69. The van der Waals surface area contributed by atoms with Crippen LogP contribution < -0.4 is 0 Å². The Balaban J connectivity index is 1.94. The summed E-state index contributed by atoms with van der Waals surface area (Å²) in [5.41, 5.74) is -0.640. The highest BCUT2D eigenvalue weighted by atomic mass is 16.5. The number of carbonyl (C=O) groups is 2. The summed E-state index contributed by atoms with van der Waals surface area (Å²) in [5, 5.41) is 10.4. The highest BCUT2D eigenvalue weighted by Crippen LogP contribution is 2.39. The van der Waals surface area contributed by atoms with Crippen LogP contribution in [0.4, 0.5) is 0 Å². The largest absolute Gasteiger partial charge is 0.390 e. The van der Waals surface area contributed by atoms with E-state index in [1.54, 1.807) is 0 Å². The molecule has 0 saturated carbocycles. The molecule has 0 aromatic carbocycles. The third-order valence-corrected chi connectivity index (χ3v) is 5.19. The van der Waals surface area contributed by atoms with Crippen molar-refractivity contribution in [1.82, 2.24) is 9.80 Å². The van der Waals surface area contributed by atoms with E-state index in [9.17, 15) is 14.7 Å². The van der Waals surface area contributed by atoms with Gasteiger partial charge in [0.15, 0.2) is 0 Å². The van der Waals surface area contributed by atoms with Crippen molar-refractivity contribution >= 4 is 11.8 Å². The van der Waals surface area contributed by atoms with Crippen LogP contribution in [0.25, 0.3) is 0 Å². The van der Waals surface area contributed by atoms with Gasteiger partial charge in [0, 0.05) is 26.1 Å². The highest BCUT2D eigenvalue weighted by molar-refractivity contribution is 6.05. The lowest BCUT2D eigenvalue weighted by atomic mass is 9.78. The quantitative estimate of drug-likeness (QED) is 0.760. The van der Waals surface area contributed by atoms with Gasteiger partial charge >= 0.3 is 0 Å². The second kappa shape index (κ2) is 6.87. The Labute approximate surface area is 138 Å². The summed E-state index contributed by atoms with van der Waals surface area (Å²) in [4.78, 5) is 28.2. The lowest BCUT2D eigenvalue weighted by Crippen LogP contribution is -2.50. The van der Waals surface area contributed by atoms with E-state index in [0.717, 1.165) is 13.1 Å². The maximum Gasteiger partial charge on any atom is 0.235 e. The molecule has 2 heterocycles. The molecule has 0 radical (unpaired) electrons. The molecule has 1 N–H and O–H groups in total. The molecule has 4 atom stereocenters. The number of hydrogen-bond acceptors (Lipinski definition) is 5. The number of aliphatic hydroxyl groups is 1. The van der Waals surface area contributed by atoms with E-state index in [1.807, 2.05) is 34.6 Å². The Kier molecular flexibility index (Phi) is 5.48. The number of aliphatic hydroxyl groups excluding tert-OH is 1. The van der Waals surface area contributed by atoms with Crippen LogP contribution >= 0.6 is 0 Å². The zero-order valence-corrected chi connectivity index (χ0v) is 14.9. The number of β-amino-alcohol motifs (C(OH)–C–C–N with tert-alkyl or cyclic N) is 1. The van der Waals surface area contributed by atoms with Gasteiger partial charge < -0.3 is 9.84 Å². The molecule has 6 nitrogen and oxygen atoms in total. The number of carbonyl (C=O) groups excluding carboxylic acids is 2. The Morgan fingerprint density at radius 2 is 1.78 bits per heavy atom. The molecule has 2 amide bonds. The van der Waals surface area contributed by atoms with Crippen molar-refractivity contribution < 1.29 is 19.4 Å². The number of nitrogens with zero attached hydrogens (tertiary/aromatic N) is 2. The van der Waals surface area contributed by atoms with Crippen LogP contribution in [0.15, 0.2) is 0 Å². The molecule has 2 aliphatic rings. The third-order valence-electron chi connectivity index (χ3n) is 5.19. The molecule has 23 heavy (non-hydrogen) atoms. The minimum absolute atomic E-state index is 0.0834. The fraction of sp³-hybridized carbons (Fsp3) is 0.882. The number of hydrogen-bond donors (Lipinski definition) is 1. The maximum absolute atomic E-state index is 12.6. The number of ether oxygens (including phenoxy) is 1. The molecule has 0 aromatic heterocycles. The number of imide groups is 1. The van der Waals surface area contributed by atoms with Crippen LogP contribution in [0.3, 0.4) is 0 Å². The fourth-order valence-electron chi connectivity index (χ4n) is 3.54. The van der Waals surface area contributed by atoms with E-state index in [-0.39, 0.29) is 42.9 Å². The summed E-state index contributed by atoms with van der Waals surface area (Å²) in [6.45, 7) is 11.8. The van der Waals surface area contributed by atoms with Crippen LogP contribution in [0.5, 0.6) is 0 Å². The Morgan fingerprint density at radius 1 is 1.22 bits per heavy atom. The highest BCUT2D eigenvalue weighted by Gasteiger charge is 2.50. The first kappa shape index (κ1) is 18.4. The van der Waals surface area contributed by atoms with E-state index >= 15 is 0 Å². The summed E-state index contributed by atoms with van der Waals surface area (Å²) < 4.78 is 5.68. The average molecular weight is 326 g/mol. The summed E-state index contributed by atoms with van der Waals surface area (Å²) in [6, 6.07) is 0. The zero-order valence-electron chi connectivity index (χ0n) is 14.9. The topological polar surface area (TPSA) is 70.1 Å². The van der Waals surface area contributed by atoms with Crippen molar-refractivity contribution in [2.75, 3.05) is 26.2 Å². The third kappa shape index (κ3) is 3.92. The van der Waals surface area contributed by atoms with Crippen LogP contribution in [-0.4, -0.2) is 71.2 Å². The predicted octanol–water partition coefficient (Wildman–Crippen LogP) is 0.878. The van der Waals surface area contributed by atoms with E-state index in [0.29, 0.717) is 6.54 Å². The van der Waals surface area contributed by atoms with Gasteiger partial charge in [0.2, 0.25) is 11.8 Å². The van der Waals surface area contributed by atoms with Crippen molar-refractivity contribution in [2.24, 2.45) is 11.3 Å². The lowest BCUT2D eigenvalue weighted by Gasteiger charge is -2.36. The van der Waals surface area contributed by atoms with E-state index < -0.39 is 11.5 Å². The number of rotatable bonds is 5. The maximum atomic E-state index is 12.6. The second-order valence-electron chi connectivity index (χ2n) is 7.69. The minimum Gasteiger partial charge on any atom is -0.390 e. The van der Waals surface area contributed by atoms with Gasteiger partial charge in [-0.3, -0.25) is 19.4 Å². The molecule has 0 bridgehead atoms. The monoisotopic (exact) mass is 326 g/mol. The van der Waals surface area contributed by atoms with Gasteiger partial charge in [0.25, 0.3) is 0 Å². The van der Waals surface area contributed by atoms with Crippen LogP contribution in [-0.2, 0) is 14.3 Å². The first-order valence-electron chi connectivity index (χ1n) is 8.54. The molecular formula is C17H30N2O4.